The van der Waals surface area contributed by atoms with Crippen LogP contribution in [0.25, 0.3) is 0 Å². The van der Waals surface area contributed by atoms with Crippen molar-refractivity contribution in [3.8, 4) is 0 Å². The van der Waals surface area contributed by atoms with Crippen LogP contribution in [0.4, 0.5) is 5.82 Å². The number of nitrogens with zero attached hydrogens (tertiary/aromatic N) is 2. The Morgan fingerprint density at radius 2 is 1.90 bits per heavy atom. The number of nitrogens with two attached hydrogens (primary N) is 1. The maximum atomic E-state index is 6.11. The van der Waals surface area contributed by atoms with Crippen LogP contribution in [-0.4, -0.2) is 9.97 Å². The third kappa shape index (κ3) is 3.39. The van der Waals surface area contributed by atoms with Crippen molar-refractivity contribution in [1.29, 1.82) is 0 Å². The van der Waals surface area contributed by atoms with Crippen molar-refractivity contribution in [1.82, 2.24) is 9.97 Å². The molecule has 0 spiro atoms. The first-order chi connectivity index (χ1) is 10.1. The fraction of sp³-hybridized carbons (Fsp3) is 0.375. The summed E-state index contributed by atoms with van der Waals surface area (Å²) >= 11 is 5.87. The number of anilines is 1. The maximum Gasteiger partial charge on any atom is 0.140 e. The van der Waals surface area contributed by atoms with E-state index in [2.05, 4.69) is 49.6 Å². The van der Waals surface area contributed by atoms with Crippen LogP contribution in [0.15, 0.2) is 28.7 Å². The van der Waals surface area contributed by atoms with Crippen LogP contribution in [0, 0.1) is 3.57 Å². The summed E-state index contributed by atoms with van der Waals surface area (Å²) in [5, 5.41) is 0. The zero-order valence-corrected chi connectivity index (χ0v) is 15.4. The van der Waals surface area contributed by atoms with E-state index >= 15 is 0 Å². The highest BCUT2D eigenvalue weighted by molar-refractivity contribution is 14.1. The topological polar surface area (TPSA) is 51.8 Å². The predicted octanol–water partition coefficient (Wildman–Crippen LogP) is 4.67. The van der Waals surface area contributed by atoms with Crippen LogP contribution in [0.3, 0.4) is 0 Å². The Balaban J connectivity index is 1.94. The van der Waals surface area contributed by atoms with Gasteiger partial charge in [0.15, 0.2) is 0 Å². The van der Waals surface area contributed by atoms with E-state index in [4.69, 9.17) is 10.7 Å². The lowest BCUT2D eigenvalue weighted by Gasteiger charge is -2.14. The second-order valence-electron chi connectivity index (χ2n) is 5.47. The van der Waals surface area contributed by atoms with E-state index in [1.54, 1.807) is 0 Å². The lowest BCUT2D eigenvalue weighted by Crippen LogP contribution is -2.10. The van der Waals surface area contributed by atoms with Gasteiger partial charge in [0.05, 0.1) is 9.26 Å². The third-order valence-electron chi connectivity index (χ3n) is 4.00. The van der Waals surface area contributed by atoms with Gasteiger partial charge in [-0.15, -0.1) is 0 Å². The van der Waals surface area contributed by atoms with Crippen molar-refractivity contribution >= 4 is 44.3 Å². The molecule has 21 heavy (non-hydrogen) atoms. The van der Waals surface area contributed by atoms with Crippen LogP contribution < -0.4 is 5.73 Å². The van der Waals surface area contributed by atoms with E-state index in [9.17, 15) is 0 Å². The molecule has 0 unspecified atom stereocenters. The average molecular weight is 458 g/mol. The molecule has 3 rings (SSSR count). The van der Waals surface area contributed by atoms with Crippen LogP contribution in [0.1, 0.15) is 48.7 Å². The molecule has 1 saturated carbocycles. The number of rotatable bonds is 3. The molecule has 0 atom stereocenters. The quantitative estimate of drug-likeness (QED) is 0.681. The van der Waals surface area contributed by atoms with E-state index in [0.717, 1.165) is 19.6 Å². The molecule has 1 aromatic carbocycles. The van der Waals surface area contributed by atoms with Crippen LogP contribution in [0.5, 0.6) is 0 Å². The Morgan fingerprint density at radius 3 is 2.62 bits per heavy atom. The number of hydrogen-bond donors (Lipinski definition) is 1. The zero-order chi connectivity index (χ0) is 14.8. The van der Waals surface area contributed by atoms with E-state index in [0.29, 0.717) is 18.2 Å². The first-order valence-corrected chi connectivity index (χ1v) is 9.07. The minimum Gasteiger partial charge on any atom is -0.383 e. The molecule has 0 saturated heterocycles. The number of hydrogen-bond acceptors (Lipinski definition) is 3. The van der Waals surface area contributed by atoms with Crippen molar-refractivity contribution in [3.63, 3.8) is 0 Å². The second kappa shape index (κ2) is 6.60. The molecule has 0 aliphatic heterocycles. The standard InChI is InChI=1S/C16H17BrIN3/c17-12-8-4-3-7-11(12)9-13-20-15(10-5-1-2-6-10)14(18)16(19)21-13/h3-4,7-8,10H,1-2,5-6,9H2,(H2,19,20,21). The summed E-state index contributed by atoms with van der Waals surface area (Å²) in [5.41, 5.74) is 8.46. The molecular formula is C16H17BrIN3. The lowest BCUT2D eigenvalue weighted by atomic mass is 10.0. The fourth-order valence-electron chi connectivity index (χ4n) is 2.89. The molecule has 1 aliphatic carbocycles. The number of benzene rings is 1. The van der Waals surface area contributed by atoms with Crippen LogP contribution >= 0.6 is 38.5 Å². The molecule has 0 radical (unpaired) electrons. The van der Waals surface area contributed by atoms with Gasteiger partial charge in [0.1, 0.15) is 11.6 Å². The highest BCUT2D eigenvalue weighted by Gasteiger charge is 2.23. The number of nitrogen functional groups attached to an aromatic ring is 1. The summed E-state index contributed by atoms with van der Waals surface area (Å²) in [6, 6.07) is 8.19. The molecule has 0 amide bonds. The van der Waals surface area contributed by atoms with Gasteiger partial charge in [-0.25, -0.2) is 9.97 Å². The Labute approximate surface area is 147 Å². The van der Waals surface area contributed by atoms with Gasteiger partial charge in [-0.05, 0) is 47.1 Å². The van der Waals surface area contributed by atoms with Gasteiger partial charge in [0.2, 0.25) is 0 Å². The zero-order valence-electron chi connectivity index (χ0n) is 11.6. The van der Waals surface area contributed by atoms with Gasteiger partial charge in [-0.3, -0.25) is 0 Å². The second-order valence-corrected chi connectivity index (χ2v) is 7.41. The fourth-order valence-corrected chi connectivity index (χ4v) is 4.00. The highest BCUT2D eigenvalue weighted by atomic mass is 127. The Hall–Kier alpha value is -0.690. The number of halogens is 2. The lowest BCUT2D eigenvalue weighted by molar-refractivity contribution is 0.681. The average Bonchev–Trinajstić information content (AvgIpc) is 2.99. The molecule has 0 bridgehead atoms. The van der Waals surface area contributed by atoms with Gasteiger partial charge in [0, 0.05) is 16.8 Å². The maximum absolute atomic E-state index is 6.11. The Bertz CT molecular complexity index is 654. The highest BCUT2D eigenvalue weighted by Crippen LogP contribution is 2.36. The summed E-state index contributed by atoms with van der Waals surface area (Å²) in [6.07, 6.45) is 5.75. The third-order valence-corrected chi connectivity index (χ3v) is 5.88. The summed E-state index contributed by atoms with van der Waals surface area (Å²) in [4.78, 5) is 9.31. The van der Waals surface area contributed by atoms with Crippen molar-refractivity contribution in [3.05, 3.63) is 49.4 Å². The molecule has 110 valence electrons. The Morgan fingerprint density at radius 1 is 1.19 bits per heavy atom. The first kappa shape index (κ1) is 15.2. The van der Waals surface area contributed by atoms with Crippen molar-refractivity contribution in [2.24, 2.45) is 0 Å². The number of aromatic nitrogens is 2. The SMILES string of the molecule is Nc1nc(Cc2ccccc2Br)nc(C2CCCC2)c1I. The van der Waals surface area contributed by atoms with Gasteiger partial charge in [-0.1, -0.05) is 47.0 Å². The predicted molar refractivity (Wildman–Crippen MR) is 97.3 cm³/mol. The molecule has 1 aliphatic rings. The summed E-state index contributed by atoms with van der Waals surface area (Å²) in [7, 11) is 0. The first-order valence-electron chi connectivity index (χ1n) is 7.20. The largest absolute Gasteiger partial charge is 0.383 e. The molecule has 1 heterocycles. The summed E-state index contributed by atoms with van der Waals surface area (Å²) in [5.74, 6) is 2.00. The molecule has 1 fully saturated rings. The minimum atomic E-state index is 0.556. The molecule has 3 nitrogen and oxygen atoms in total. The monoisotopic (exact) mass is 457 g/mol. The van der Waals surface area contributed by atoms with E-state index in [1.807, 2.05) is 18.2 Å². The molecule has 2 N–H and O–H groups in total. The van der Waals surface area contributed by atoms with E-state index < -0.39 is 0 Å². The van der Waals surface area contributed by atoms with Crippen LogP contribution in [0.2, 0.25) is 0 Å². The van der Waals surface area contributed by atoms with Gasteiger partial charge >= 0.3 is 0 Å². The van der Waals surface area contributed by atoms with Crippen LogP contribution in [-0.2, 0) is 6.42 Å². The molecule has 1 aromatic heterocycles. The van der Waals surface area contributed by atoms with Gasteiger partial charge in [-0.2, -0.15) is 0 Å². The summed E-state index contributed by atoms with van der Waals surface area (Å²) < 4.78 is 2.13. The van der Waals surface area contributed by atoms with E-state index in [-0.39, 0.29) is 0 Å². The normalized spacial score (nSPS) is 15.5. The summed E-state index contributed by atoms with van der Waals surface area (Å²) in [6.45, 7) is 0. The van der Waals surface area contributed by atoms with Gasteiger partial charge < -0.3 is 5.73 Å². The van der Waals surface area contributed by atoms with E-state index in [1.165, 1.54) is 31.2 Å². The smallest absolute Gasteiger partial charge is 0.140 e. The minimum absolute atomic E-state index is 0.556. The molecular weight excluding hydrogens is 441 g/mol. The van der Waals surface area contributed by atoms with Crippen molar-refractivity contribution < 1.29 is 0 Å². The molecule has 5 heteroatoms. The van der Waals surface area contributed by atoms with Crippen molar-refractivity contribution in [2.75, 3.05) is 5.73 Å². The molecule has 2 aromatic rings. The van der Waals surface area contributed by atoms with Crippen molar-refractivity contribution in [2.45, 2.75) is 38.0 Å². The Kier molecular flexibility index (Phi) is 4.78. The van der Waals surface area contributed by atoms with Gasteiger partial charge in [0.25, 0.3) is 0 Å².